The Labute approximate surface area is 581 Å². The van der Waals surface area contributed by atoms with Crippen LogP contribution in [-0.4, -0.2) is 216 Å². The van der Waals surface area contributed by atoms with E-state index in [0.29, 0.717) is 62.5 Å². The second-order valence-electron chi connectivity index (χ2n) is 29.9. The fraction of sp³-hybridized carbons (Fsp3) is 0.818. The lowest BCUT2D eigenvalue weighted by molar-refractivity contribution is -0.158. The van der Waals surface area contributed by atoms with Gasteiger partial charge in [-0.1, -0.05) is 108 Å². The highest BCUT2D eigenvalue weighted by Gasteiger charge is 2.42. The first-order valence-electron chi connectivity index (χ1n) is 36.6. The second kappa shape index (κ2) is 43.0. The molecule has 2 saturated heterocycles. The summed E-state index contributed by atoms with van der Waals surface area (Å²) in [6.07, 6.45) is 14.5. The van der Waals surface area contributed by atoms with Crippen molar-refractivity contribution in [1.82, 2.24) is 0 Å². The summed E-state index contributed by atoms with van der Waals surface area (Å²) in [6, 6.07) is 0. The zero-order valence-corrected chi connectivity index (χ0v) is 61.4. The molecular weight excluding hydrogens is 1240 g/mol. The number of methoxy groups -OCH3 is 4. The molecule has 8 N–H and O–H groups in total. The van der Waals surface area contributed by atoms with Crippen LogP contribution >= 0.6 is 0 Å². The third kappa shape index (κ3) is 28.8. The zero-order valence-electron chi connectivity index (χ0n) is 61.4. The first-order chi connectivity index (χ1) is 46.0. The third-order valence-electron chi connectivity index (χ3n) is 21.7. The van der Waals surface area contributed by atoms with Gasteiger partial charge in [-0.3, -0.25) is 0 Å². The van der Waals surface area contributed by atoms with Crippen molar-refractivity contribution in [1.29, 1.82) is 0 Å². The van der Waals surface area contributed by atoms with Crippen molar-refractivity contribution in [2.75, 3.05) is 28.4 Å². The van der Waals surface area contributed by atoms with Gasteiger partial charge in [-0.15, -0.1) is 0 Å². The van der Waals surface area contributed by atoms with Crippen molar-refractivity contribution in [3.63, 3.8) is 0 Å². The third-order valence-corrected chi connectivity index (χ3v) is 21.7. The number of carbonyl (C=O) groups is 2. The molecule has 0 amide bonds. The van der Waals surface area contributed by atoms with E-state index in [1.165, 1.54) is 12.2 Å². The van der Waals surface area contributed by atoms with Gasteiger partial charge in [-0.05, 0) is 136 Å². The van der Waals surface area contributed by atoms with Crippen LogP contribution in [0.3, 0.4) is 0 Å². The summed E-state index contributed by atoms with van der Waals surface area (Å²) in [5, 5.41) is 93.9. The first-order valence-corrected chi connectivity index (χ1v) is 36.6. The highest BCUT2D eigenvalue weighted by Crippen LogP contribution is 2.36. The number of hydrogen-bond acceptors (Lipinski definition) is 20. The zero-order chi connectivity index (χ0) is 71.6. The average molecular weight is 1380 g/mol. The fourth-order valence-corrected chi connectivity index (χ4v) is 15.1. The topological polar surface area (TPSA) is 288 Å². The molecule has 5 aliphatic heterocycles. The van der Waals surface area contributed by atoms with Crippen LogP contribution < -0.4 is 0 Å². The van der Waals surface area contributed by atoms with Gasteiger partial charge in [0.25, 0.3) is 0 Å². The lowest BCUT2D eigenvalue weighted by Crippen LogP contribution is -2.45. The molecule has 97 heavy (non-hydrogen) atoms. The van der Waals surface area contributed by atoms with Crippen LogP contribution in [0.2, 0.25) is 0 Å². The molecule has 5 aliphatic rings. The van der Waals surface area contributed by atoms with Gasteiger partial charge >= 0.3 is 11.9 Å². The van der Waals surface area contributed by atoms with E-state index in [1.54, 1.807) is 54.4 Å². The molecule has 4 bridgehead atoms. The molecule has 20 heteroatoms. The van der Waals surface area contributed by atoms with E-state index in [1.807, 2.05) is 98.8 Å². The molecule has 20 nitrogen and oxygen atoms in total. The maximum atomic E-state index is 13.9. The van der Waals surface area contributed by atoms with Gasteiger partial charge in [-0.25, -0.2) is 9.59 Å². The standard InChI is InChI=1S/C77H130O20/c1-45-22-28-56(78)36-59-18-16-20-61(94-59)40-67(90-14)38-58(80)39-68(81)52(8)76(54(10)74(86)47(3)26-30-63-41-65(88-12)34-49(5)92-63)96-72(84)32-24-46(2)23-29-57(79)37-60-19-17-21-62(95-60)43-71(91-15)51(7)69(82)44-70(83)53(9)77(97-73(85)33-25-45)55(11)75(87)48(4)27-31-64-42-66(89-13)35-50(6)93-64/h16-19,22-25,32-33,47-71,74-83,86-87H,20-21,26-31,34-44H2,1-15H3/t47-,48-,49-,50-,51+,52-,53-,54-,55-,56-,57-,58-,59-,60-,61-,62-,63-,64-,65+,66+,67+,68-,69+,70-,71-,74+,75+,76-,77-/m0/s1. The highest BCUT2D eigenvalue weighted by molar-refractivity contribution is 5.83. The molecule has 5 heterocycles. The summed E-state index contributed by atoms with van der Waals surface area (Å²) in [5.74, 6) is -5.00. The molecule has 0 aliphatic carbocycles. The van der Waals surface area contributed by atoms with E-state index in [2.05, 4.69) is 0 Å². The molecule has 0 aromatic rings. The van der Waals surface area contributed by atoms with Crippen LogP contribution in [0.5, 0.6) is 0 Å². The minimum atomic E-state index is -1.16. The number of ether oxygens (including phenoxy) is 10. The largest absolute Gasteiger partial charge is 0.458 e. The van der Waals surface area contributed by atoms with Crippen molar-refractivity contribution in [3.05, 3.63) is 71.9 Å². The van der Waals surface area contributed by atoms with Gasteiger partial charge in [0, 0.05) is 95.9 Å². The molecule has 0 aromatic carbocycles. The van der Waals surface area contributed by atoms with Gasteiger partial charge < -0.3 is 88.2 Å². The van der Waals surface area contributed by atoms with Crippen molar-refractivity contribution < 1.29 is 97.8 Å². The Kier molecular flexibility index (Phi) is 37.4. The van der Waals surface area contributed by atoms with E-state index in [9.17, 15) is 50.4 Å². The van der Waals surface area contributed by atoms with Crippen molar-refractivity contribution in [3.8, 4) is 0 Å². The number of hydrogen-bond donors (Lipinski definition) is 8. The number of allylic oxidation sites excluding steroid dienone is 4. The van der Waals surface area contributed by atoms with Gasteiger partial charge in [0.15, 0.2) is 0 Å². The number of aliphatic hydroxyl groups is 8. The number of aliphatic hydroxyl groups excluding tert-OH is 8. The van der Waals surface area contributed by atoms with E-state index in [4.69, 9.17) is 47.4 Å². The Morgan fingerprint density at radius 1 is 0.454 bits per heavy atom. The normalized spacial score (nSPS) is 38.9. The van der Waals surface area contributed by atoms with Crippen molar-refractivity contribution >= 4 is 11.9 Å². The van der Waals surface area contributed by atoms with Gasteiger partial charge in [0.2, 0.25) is 0 Å². The molecule has 0 spiro atoms. The van der Waals surface area contributed by atoms with Crippen LogP contribution in [0.1, 0.15) is 198 Å². The Bertz CT molecular complexity index is 2450. The van der Waals surface area contributed by atoms with E-state index < -0.39 is 127 Å². The molecule has 29 atom stereocenters. The predicted octanol–water partition coefficient (Wildman–Crippen LogP) is 9.86. The molecule has 558 valence electrons. The molecule has 2 fully saturated rings. The number of cyclic esters (lactones) is 2. The maximum absolute atomic E-state index is 13.9. The minimum absolute atomic E-state index is 0.0265. The van der Waals surface area contributed by atoms with Crippen molar-refractivity contribution in [2.45, 2.75) is 332 Å². The van der Waals surface area contributed by atoms with Crippen LogP contribution in [-0.2, 0) is 57.0 Å². The molecule has 5 rings (SSSR count). The lowest BCUT2D eigenvalue weighted by Gasteiger charge is -2.38. The number of esters is 2. The average Bonchev–Trinajstić information content (AvgIpc) is 0.861. The predicted molar refractivity (Wildman–Crippen MR) is 373 cm³/mol. The smallest absolute Gasteiger partial charge is 0.331 e. The second-order valence-corrected chi connectivity index (χ2v) is 29.9. The summed E-state index contributed by atoms with van der Waals surface area (Å²) >= 11 is 0. The molecule has 0 unspecified atom stereocenters. The molecule has 0 saturated carbocycles. The Hall–Kier alpha value is -3.26. The van der Waals surface area contributed by atoms with Crippen LogP contribution in [0.15, 0.2) is 71.9 Å². The minimum Gasteiger partial charge on any atom is -0.458 e. The monoisotopic (exact) mass is 1370 g/mol. The summed E-state index contributed by atoms with van der Waals surface area (Å²) in [6.45, 7) is 20.7. The quantitative estimate of drug-likeness (QED) is 0.0527. The SMILES string of the molecule is CO[C@@H]1C[C@H](O)C[C@H](O)[C@H](C)[C@@H]([C@@H](C)[C@H](O)[C@@H](C)CC[C@H]2C[C@H](OC)C[C@H](C)O2)OC(=O)C=CC(C)=CC[C@H](O)C[C@@H]2C=CC[C@@H](C[C@H](OC)[C@H](C)[C@H](O)C[C@H](O)[C@H](C)[C@@H]([C@@H](C)[C@H](O)[C@@H](C)CC[C@H]3C[C@H](OC)C[C@H](C)O3)OC(=O)C=CC(C)=CC[C@H](O)C[C@@H]3C=CC[C@@H](C1)O3)O2. The van der Waals surface area contributed by atoms with E-state index in [0.717, 1.165) is 25.7 Å². The lowest BCUT2D eigenvalue weighted by atomic mass is 9.78. The molecular formula is C77H130O20. The first kappa shape index (κ1) is 84.4. The Morgan fingerprint density at radius 2 is 0.856 bits per heavy atom. The van der Waals surface area contributed by atoms with Crippen molar-refractivity contribution in [2.24, 2.45) is 41.4 Å². The van der Waals surface area contributed by atoms with Crippen LogP contribution in [0.25, 0.3) is 0 Å². The van der Waals surface area contributed by atoms with Crippen LogP contribution in [0, 0.1) is 41.4 Å². The number of rotatable bonds is 16. The summed E-state index contributed by atoms with van der Waals surface area (Å²) < 4.78 is 61.1. The number of carbonyl (C=O) groups excluding carboxylic acids is 2. The summed E-state index contributed by atoms with van der Waals surface area (Å²) in [4.78, 5) is 27.7. The number of fused-ring (bicyclic) bond motifs is 4. The Morgan fingerprint density at radius 3 is 1.28 bits per heavy atom. The Balaban J connectivity index is 1.35. The summed E-state index contributed by atoms with van der Waals surface area (Å²) in [7, 11) is 6.57. The van der Waals surface area contributed by atoms with Crippen LogP contribution in [0.4, 0.5) is 0 Å². The molecule has 0 radical (unpaired) electrons. The van der Waals surface area contributed by atoms with Gasteiger partial charge in [0.1, 0.15) is 12.2 Å². The fourth-order valence-electron chi connectivity index (χ4n) is 15.1. The van der Waals surface area contributed by atoms with Gasteiger partial charge in [0.05, 0.1) is 122 Å². The van der Waals surface area contributed by atoms with E-state index in [-0.39, 0.29) is 106 Å². The van der Waals surface area contributed by atoms with Gasteiger partial charge in [-0.2, -0.15) is 0 Å². The summed E-state index contributed by atoms with van der Waals surface area (Å²) in [5.41, 5.74) is 1.39. The molecule has 0 aromatic heterocycles. The van der Waals surface area contributed by atoms with E-state index >= 15 is 0 Å². The highest BCUT2D eigenvalue weighted by atomic mass is 16.6. The maximum Gasteiger partial charge on any atom is 0.331 e.